The molecule has 7 heteroatoms. The first-order valence-corrected chi connectivity index (χ1v) is 8.61. The lowest BCUT2D eigenvalue weighted by Crippen LogP contribution is -2.12. The second-order valence-electron chi connectivity index (χ2n) is 6.22. The van der Waals surface area contributed by atoms with Crippen LogP contribution in [0.5, 0.6) is 0 Å². The molecular formula is C18H24N6O. The molecular weight excluding hydrogens is 316 g/mol. The number of carbonyl (C=O) groups excluding carboxylic acids is 1. The number of hydrogen-bond acceptors (Lipinski definition) is 6. The maximum atomic E-state index is 11.1. The molecule has 7 nitrogen and oxygen atoms in total. The summed E-state index contributed by atoms with van der Waals surface area (Å²) < 4.78 is 0. The van der Waals surface area contributed by atoms with Crippen molar-refractivity contribution in [1.29, 1.82) is 0 Å². The number of amides is 1. The Balaban J connectivity index is 1.71. The highest BCUT2D eigenvalue weighted by Crippen LogP contribution is 2.42. The van der Waals surface area contributed by atoms with Crippen LogP contribution >= 0.6 is 0 Å². The Kier molecular flexibility index (Phi) is 5.45. The number of aromatic nitrogens is 2. The minimum Gasteiger partial charge on any atom is -0.370 e. The predicted molar refractivity (Wildman–Crippen MR) is 100 cm³/mol. The Labute approximate surface area is 147 Å². The first kappa shape index (κ1) is 17.2. The van der Waals surface area contributed by atoms with Crippen LogP contribution in [-0.4, -0.2) is 29.0 Å². The fraction of sp³-hybridized carbons (Fsp3) is 0.389. The molecule has 0 aliphatic heterocycles. The predicted octanol–water partition coefficient (Wildman–Crippen LogP) is 2.82. The fourth-order valence-electron chi connectivity index (χ4n) is 2.56. The minimum absolute atomic E-state index is 0.0899. The van der Waals surface area contributed by atoms with Crippen molar-refractivity contribution in [3.8, 4) is 0 Å². The Morgan fingerprint density at radius 1 is 1.24 bits per heavy atom. The van der Waals surface area contributed by atoms with Crippen molar-refractivity contribution in [3.63, 3.8) is 0 Å². The lowest BCUT2D eigenvalue weighted by molar-refractivity contribution is -0.114. The van der Waals surface area contributed by atoms with Gasteiger partial charge < -0.3 is 21.7 Å². The number of nitrogens with zero attached hydrogens (tertiary/aromatic N) is 2. The molecule has 25 heavy (non-hydrogen) atoms. The third-order valence-electron chi connectivity index (χ3n) is 3.97. The maximum Gasteiger partial charge on any atom is 0.229 e. The molecule has 0 bridgehead atoms. The minimum atomic E-state index is -0.0899. The Bertz CT molecular complexity index is 727. The summed E-state index contributed by atoms with van der Waals surface area (Å²) in [6.07, 6.45) is 5.21. The molecule has 132 valence electrons. The molecule has 1 aromatic heterocycles. The normalized spacial score (nSPS) is 13.4. The van der Waals surface area contributed by atoms with E-state index in [9.17, 15) is 4.79 Å². The Morgan fingerprint density at radius 2 is 1.96 bits per heavy atom. The smallest absolute Gasteiger partial charge is 0.229 e. The number of benzene rings is 1. The number of hydrogen-bond donors (Lipinski definition) is 4. The number of nitrogens with one attached hydrogen (secondary N) is 3. The first-order chi connectivity index (χ1) is 12.2. The average Bonchev–Trinajstić information content (AvgIpc) is 3.42. The molecule has 0 atom stereocenters. The van der Waals surface area contributed by atoms with Crippen LogP contribution in [0.15, 0.2) is 30.5 Å². The Hall–Kier alpha value is -2.67. The van der Waals surface area contributed by atoms with Crippen LogP contribution in [0.4, 0.5) is 23.1 Å². The summed E-state index contributed by atoms with van der Waals surface area (Å²) in [6.45, 7) is 2.95. The van der Waals surface area contributed by atoms with Gasteiger partial charge in [-0.1, -0.05) is 0 Å². The lowest BCUT2D eigenvalue weighted by atomic mass is 10.2. The zero-order valence-corrected chi connectivity index (χ0v) is 14.4. The quantitative estimate of drug-likeness (QED) is 0.551. The summed E-state index contributed by atoms with van der Waals surface area (Å²) in [5.74, 6) is 1.93. The van der Waals surface area contributed by atoms with Crippen molar-refractivity contribution in [2.45, 2.75) is 32.1 Å². The summed E-state index contributed by atoms with van der Waals surface area (Å²) in [4.78, 5) is 20.1. The van der Waals surface area contributed by atoms with Crippen molar-refractivity contribution in [1.82, 2.24) is 9.97 Å². The van der Waals surface area contributed by atoms with Gasteiger partial charge in [0, 0.05) is 36.6 Å². The first-order valence-electron chi connectivity index (χ1n) is 8.61. The largest absolute Gasteiger partial charge is 0.370 e. The second kappa shape index (κ2) is 7.94. The van der Waals surface area contributed by atoms with Gasteiger partial charge in [-0.2, -0.15) is 4.98 Å². The zero-order valence-electron chi connectivity index (χ0n) is 14.4. The summed E-state index contributed by atoms with van der Waals surface area (Å²) in [7, 11) is 0. The van der Waals surface area contributed by atoms with E-state index >= 15 is 0 Å². The number of anilines is 4. The highest BCUT2D eigenvalue weighted by Gasteiger charge is 2.27. The third-order valence-corrected chi connectivity index (χ3v) is 3.97. The number of rotatable bonds is 8. The molecule has 1 heterocycles. The molecule has 1 aliphatic carbocycles. The van der Waals surface area contributed by atoms with E-state index in [4.69, 9.17) is 5.73 Å². The highest BCUT2D eigenvalue weighted by atomic mass is 16.1. The average molecular weight is 340 g/mol. The maximum absolute atomic E-state index is 11.1. The van der Waals surface area contributed by atoms with Gasteiger partial charge in [0.05, 0.1) is 0 Å². The van der Waals surface area contributed by atoms with E-state index in [-0.39, 0.29) is 5.91 Å². The SMILES string of the molecule is CC(=O)Nc1ccc(Nc2ncc(C3CC3)c(NCCCN)n2)cc1. The molecule has 3 rings (SSSR count). The van der Waals surface area contributed by atoms with E-state index in [0.29, 0.717) is 18.4 Å². The molecule has 1 fully saturated rings. The van der Waals surface area contributed by atoms with Gasteiger partial charge in [-0.25, -0.2) is 4.98 Å². The van der Waals surface area contributed by atoms with Crippen molar-refractivity contribution in [2.24, 2.45) is 5.73 Å². The van der Waals surface area contributed by atoms with Crippen LogP contribution in [-0.2, 0) is 4.79 Å². The van der Waals surface area contributed by atoms with Gasteiger partial charge in [-0.3, -0.25) is 4.79 Å². The second-order valence-corrected chi connectivity index (χ2v) is 6.22. The van der Waals surface area contributed by atoms with Gasteiger partial charge in [0.1, 0.15) is 5.82 Å². The van der Waals surface area contributed by atoms with Gasteiger partial charge in [0.15, 0.2) is 0 Å². The third kappa shape index (κ3) is 4.90. The van der Waals surface area contributed by atoms with Gasteiger partial charge in [-0.15, -0.1) is 0 Å². The van der Waals surface area contributed by atoms with Crippen molar-refractivity contribution >= 4 is 29.0 Å². The van der Waals surface area contributed by atoms with Crippen LogP contribution in [0.2, 0.25) is 0 Å². The molecule has 1 saturated carbocycles. The van der Waals surface area contributed by atoms with Crippen molar-refractivity contribution in [2.75, 3.05) is 29.0 Å². The van der Waals surface area contributed by atoms with E-state index in [1.54, 1.807) is 0 Å². The summed E-state index contributed by atoms with van der Waals surface area (Å²) in [6, 6.07) is 7.43. The van der Waals surface area contributed by atoms with Crippen molar-refractivity contribution < 1.29 is 4.79 Å². The van der Waals surface area contributed by atoms with E-state index in [1.165, 1.54) is 25.3 Å². The van der Waals surface area contributed by atoms with Crippen LogP contribution in [0.3, 0.4) is 0 Å². The van der Waals surface area contributed by atoms with E-state index < -0.39 is 0 Å². The van der Waals surface area contributed by atoms with Gasteiger partial charge >= 0.3 is 0 Å². The zero-order chi connectivity index (χ0) is 17.6. The molecule has 1 aromatic carbocycles. The lowest BCUT2D eigenvalue weighted by Gasteiger charge is -2.12. The Morgan fingerprint density at radius 3 is 2.60 bits per heavy atom. The van der Waals surface area contributed by atoms with Crippen LogP contribution in [0, 0.1) is 0 Å². The molecule has 1 aliphatic rings. The molecule has 0 radical (unpaired) electrons. The van der Waals surface area contributed by atoms with Gasteiger partial charge in [-0.05, 0) is 56.0 Å². The molecule has 2 aromatic rings. The van der Waals surface area contributed by atoms with E-state index in [2.05, 4.69) is 25.9 Å². The van der Waals surface area contributed by atoms with E-state index in [1.807, 2.05) is 30.5 Å². The number of nitrogens with two attached hydrogens (primary N) is 1. The van der Waals surface area contributed by atoms with Gasteiger partial charge in [0.25, 0.3) is 0 Å². The van der Waals surface area contributed by atoms with Crippen LogP contribution < -0.4 is 21.7 Å². The topological polar surface area (TPSA) is 105 Å². The fourth-order valence-corrected chi connectivity index (χ4v) is 2.56. The summed E-state index contributed by atoms with van der Waals surface area (Å²) >= 11 is 0. The van der Waals surface area contributed by atoms with E-state index in [0.717, 1.165) is 30.2 Å². The molecule has 0 spiro atoms. The summed E-state index contributed by atoms with van der Waals surface area (Å²) in [5.41, 5.74) is 8.37. The van der Waals surface area contributed by atoms with Crippen LogP contribution in [0.25, 0.3) is 0 Å². The number of carbonyl (C=O) groups is 1. The summed E-state index contributed by atoms with van der Waals surface area (Å²) in [5, 5.41) is 9.32. The van der Waals surface area contributed by atoms with Crippen molar-refractivity contribution in [3.05, 3.63) is 36.0 Å². The van der Waals surface area contributed by atoms with Crippen LogP contribution in [0.1, 0.15) is 37.7 Å². The molecule has 1 amide bonds. The molecule has 0 saturated heterocycles. The monoisotopic (exact) mass is 340 g/mol. The van der Waals surface area contributed by atoms with Gasteiger partial charge in [0.2, 0.25) is 11.9 Å². The highest BCUT2D eigenvalue weighted by molar-refractivity contribution is 5.88. The molecule has 5 N–H and O–H groups in total. The standard InChI is InChI=1S/C18H24N6O/c1-12(25)22-14-5-7-15(8-6-14)23-18-21-11-16(13-3-4-13)17(24-18)20-10-2-9-19/h5-8,11,13H,2-4,9-10,19H2,1H3,(H,22,25)(H2,20,21,23,24). The molecule has 0 unspecified atom stereocenters.